The smallest absolute Gasteiger partial charge is 0.262 e. The molecule has 198 valence electrons. The van der Waals surface area contributed by atoms with Crippen LogP contribution in [0.25, 0.3) is 10.1 Å². The topological polar surface area (TPSA) is 102 Å². The van der Waals surface area contributed by atoms with Crippen molar-refractivity contribution in [3.05, 3.63) is 63.7 Å². The van der Waals surface area contributed by atoms with Crippen molar-refractivity contribution in [3.63, 3.8) is 0 Å². The van der Waals surface area contributed by atoms with Crippen molar-refractivity contribution in [2.24, 2.45) is 11.8 Å². The third-order valence-corrected chi connectivity index (χ3v) is 8.14. The van der Waals surface area contributed by atoms with E-state index in [0.29, 0.717) is 31.2 Å². The monoisotopic (exact) mass is 554 g/mol. The highest BCUT2D eigenvalue weighted by molar-refractivity contribution is 7.21. The van der Waals surface area contributed by atoms with E-state index in [9.17, 15) is 24.0 Å². The number of anilines is 1. The molecule has 38 heavy (non-hydrogen) atoms. The maximum absolute atomic E-state index is 14.1. The van der Waals surface area contributed by atoms with Gasteiger partial charge in [0.05, 0.1) is 23.4 Å². The van der Waals surface area contributed by atoms with E-state index >= 15 is 0 Å². The number of halogens is 2. The first kappa shape index (κ1) is 27.6. The van der Waals surface area contributed by atoms with E-state index in [-0.39, 0.29) is 25.4 Å². The average molecular weight is 555 g/mol. The molecule has 0 spiro atoms. The fourth-order valence-corrected chi connectivity index (χ4v) is 5.44. The van der Waals surface area contributed by atoms with Gasteiger partial charge >= 0.3 is 0 Å². The standard InChI is InChI=1S/C24H20ClFN4O3S.C4H8/c1-13-21-18(26)3-2-4-19(21)34-22(13)24(33)28-11-20(31)30-12-14(9-17(30)10-27)23(32)29-16-7-5-15(25)6-8-16;1-4-2-3-4/h2-8,14,17H,9,11-12H2,1H3,(H,28,33)(H,29,32);4H,2-3H2,1H3. The number of benzene rings is 2. The summed E-state index contributed by atoms with van der Waals surface area (Å²) in [4.78, 5) is 39.7. The lowest BCUT2D eigenvalue weighted by Crippen LogP contribution is -2.42. The summed E-state index contributed by atoms with van der Waals surface area (Å²) < 4.78 is 14.8. The molecule has 1 saturated carbocycles. The van der Waals surface area contributed by atoms with Crippen LogP contribution in [-0.2, 0) is 9.59 Å². The molecule has 2 unspecified atom stereocenters. The molecule has 0 bridgehead atoms. The third kappa shape index (κ3) is 6.50. The van der Waals surface area contributed by atoms with Gasteiger partial charge in [-0.1, -0.05) is 37.4 Å². The van der Waals surface area contributed by atoms with Crippen LogP contribution in [0.3, 0.4) is 0 Å². The van der Waals surface area contributed by atoms with E-state index in [1.165, 1.54) is 23.8 Å². The summed E-state index contributed by atoms with van der Waals surface area (Å²) in [6.07, 6.45) is 3.17. The van der Waals surface area contributed by atoms with Crippen LogP contribution in [0.15, 0.2) is 42.5 Å². The van der Waals surface area contributed by atoms with Crippen LogP contribution in [0.4, 0.5) is 10.1 Å². The van der Waals surface area contributed by atoms with Crippen LogP contribution < -0.4 is 10.6 Å². The predicted molar refractivity (Wildman–Crippen MR) is 147 cm³/mol. The minimum Gasteiger partial charge on any atom is -0.342 e. The second-order valence-electron chi connectivity index (χ2n) is 9.65. The summed E-state index contributed by atoms with van der Waals surface area (Å²) >= 11 is 7.01. The number of hydrogen-bond donors (Lipinski definition) is 2. The van der Waals surface area contributed by atoms with E-state index in [2.05, 4.69) is 23.6 Å². The molecule has 2 fully saturated rings. The number of rotatable bonds is 5. The Morgan fingerprint density at radius 1 is 1.18 bits per heavy atom. The Balaban J connectivity index is 0.000000768. The lowest BCUT2D eigenvalue weighted by Gasteiger charge is -2.20. The van der Waals surface area contributed by atoms with E-state index in [0.717, 1.165) is 17.3 Å². The maximum atomic E-state index is 14.1. The number of nitrogens with zero attached hydrogens (tertiary/aromatic N) is 2. The summed E-state index contributed by atoms with van der Waals surface area (Å²) in [5, 5.41) is 15.8. The van der Waals surface area contributed by atoms with E-state index < -0.39 is 29.6 Å². The van der Waals surface area contributed by atoms with Crippen LogP contribution in [0.1, 0.15) is 41.4 Å². The summed E-state index contributed by atoms with van der Waals surface area (Å²) in [5.74, 6) is -1.14. The van der Waals surface area contributed by atoms with Crippen molar-refractivity contribution in [1.82, 2.24) is 10.2 Å². The Labute approximate surface area is 229 Å². The molecule has 7 nitrogen and oxygen atoms in total. The normalized spacial score (nSPS) is 18.3. The molecular formula is C28H28ClFN4O3S. The number of aryl methyl sites for hydroxylation is 1. The van der Waals surface area contributed by atoms with Gasteiger partial charge in [-0.25, -0.2) is 4.39 Å². The number of nitrogens with one attached hydrogen (secondary N) is 2. The summed E-state index contributed by atoms with van der Waals surface area (Å²) in [6, 6.07) is 12.6. The zero-order valence-corrected chi connectivity index (χ0v) is 22.7. The molecule has 2 heterocycles. The maximum Gasteiger partial charge on any atom is 0.262 e. The Morgan fingerprint density at radius 3 is 2.47 bits per heavy atom. The highest BCUT2D eigenvalue weighted by Crippen LogP contribution is 2.32. The van der Waals surface area contributed by atoms with E-state index in [1.54, 1.807) is 43.3 Å². The fourth-order valence-electron chi connectivity index (χ4n) is 4.18. The molecule has 3 aromatic rings. The molecule has 0 radical (unpaired) electrons. The molecule has 2 atom stereocenters. The van der Waals surface area contributed by atoms with E-state index in [1.807, 2.05) is 0 Å². The van der Waals surface area contributed by atoms with Gasteiger partial charge < -0.3 is 15.5 Å². The first-order valence-corrected chi connectivity index (χ1v) is 13.6. The Kier molecular flexibility index (Phi) is 8.65. The Bertz CT molecular complexity index is 1400. The van der Waals surface area contributed by atoms with Gasteiger partial charge in [-0.05, 0) is 61.2 Å². The van der Waals surface area contributed by atoms with Crippen LogP contribution in [0, 0.1) is 35.9 Å². The largest absolute Gasteiger partial charge is 0.342 e. The molecule has 3 amide bonds. The zero-order valence-electron chi connectivity index (χ0n) is 21.1. The molecule has 1 aromatic heterocycles. The quantitative estimate of drug-likeness (QED) is 0.433. The van der Waals surface area contributed by atoms with Gasteiger partial charge in [0, 0.05) is 27.3 Å². The molecule has 2 N–H and O–H groups in total. The van der Waals surface area contributed by atoms with Crippen LogP contribution in [0.2, 0.25) is 5.02 Å². The molecular weight excluding hydrogens is 527 g/mol. The summed E-state index contributed by atoms with van der Waals surface area (Å²) in [5.41, 5.74) is 1.08. The van der Waals surface area contributed by atoms with Crippen molar-refractivity contribution in [2.75, 3.05) is 18.4 Å². The predicted octanol–water partition coefficient (Wildman–Crippen LogP) is 5.53. The second-order valence-corrected chi connectivity index (χ2v) is 11.1. The molecule has 1 saturated heterocycles. The van der Waals surface area contributed by atoms with Crippen molar-refractivity contribution in [3.8, 4) is 6.07 Å². The van der Waals surface area contributed by atoms with Gasteiger partial charge in [0.2, 0.25) is 11.8 Å². The third-order valence-electron chi connectivity index (χ3n) is 6.63. The van der Waals surface area contributed by atoms with Gasteiger partial charge in [-0.3, -0.25) is 14.4 Å². The molecule has 1 aliphatic carbocycles. The lowest BCUT2D eigenvalue weighted by atomic mass is 10.1. The van der Waals surface area contributed by atoms with Gasteiger partial charge in [0.1, 0.15) is 11.9 Å². The van der Waals surface area contributed by atoms with Gasteiger partial charge in [-0.15, -0.1) is 11.3 Å². The first-order valence-electron chi connectivity index (χ1n) is 12.4. The number of fused-ring (bicyclic) bond motifs is 1. The average Bonchev–Trinajstić information content (AvgIpc) is 3.43. The van der Waals surface area contributed by atoms with Crippen molar-refractivity contribution < 1.29 is 18.8 Å². The number of amides is 3. The van der Waals surface area contributed by atoms with Gasteiger partial charge in [0.15, 0.2) is 0 Å². The van der Waals surface area contributed by atoms with Crippen molar-refractivity contribution in [1.29, 1.82) is 5.26 Å². The minimum atomic E-state index is -0.773. The van der Waals surface area contributed by atoms with Crippen molar-refractivity contribution in [2.45, 2.75) is 39.2 Å². The minimum absolute atomic E-state index is 0.0689. The van der Waals surface area contributed by atoms with Gasteiger partial charge in [-0.2, -0.15) is 5.26 Å². The number of hydrogen-bond acceptors (Lipinski definition) is 5. The SMILES string of the molecule is CC1CC1.Cc1c(C(=O)NCC(=O)N2CC(C(=O)Nc3ccc(Cl)cc3)CC2C#N)sc2cccc(F)c12. The number of nitriles is 1. The zero-order chi connectivity index (χ0) is 27.4. The Morgan fingerprint density at radius 2 is 1.87 bits per heavy atom. The first-order chi connectivity index (χ1) is 18.2. The molecule has 2 aliphatic rings. The summed E-state index contributed by atoms with van der Waals surface area (Å²) in [7, 11) is 0. The number of carbonyl (C=O) groups is 3. The number of thiophene rings is 1. The van der Waals surface area contributed by atoms with Crippen LogP contribution in [0.5, 0.6) is 0 Å². The van der Waals surface area contributed by atoms with Gasteiger partial charge in [0.25, 0.3) is 5.91 Å². The van der Waals surface area contributed by atoms with Crippen LogP contribution >= 0.6 is 22.9 Å². The van der Waals surface area contributed by atoms with Crippen molar-refractivity contribution >= 4 is 56.4 Å². The Hall–Kier alpha value is -3.48. The van der Waals surface area contributed by atoms with E-state index in [4.69, 9.17) is 11.6 Å². The second kappa shape index (κ2) is 11.9. The lowest BCUT2D eigenvalue weighted by molar-refractivity contribution is -0.130. The number of likely N-dealkylation sites (tertiary alicyclic amines) is 1. The fraction of sp³-hybridized carbons (Fsp3) is 0.357. The molecule has 5 rings (SSSR count). The molecule has 2 aromatic carbocycles. The highest BCUT2D eigenvalue weighted by atomic mass is 35.5. The molecule has 10 heteroatoms. The summed E-state index contributed by atoms with van der Waals surface area (Å²) in [6.45, 7) is 3.67. The number of carbonyl (C=O) groups excluding carboxylic acids is 3. The molecule has 1 aliphatic heterocycles. The van der Waals surface area contributed by atoms with Crippen LogP contribution in [-0.4, -0.2) is 41.8 Å². The highest BCUT2D eigenvalue weighted by Gasteiger charge is 2.39.